The lowest BCUT2D eigenvalue weighted by Gasteiger charge is -2.44. The van der Waals surface area contributed by atoms with Gasteiger partial charge in [0.15, 0.2) is 0 Å². The summed E-state index contributed by atoms with van der Waals surface area (Å²) in [5.41, 5.74) is 0.695. The van der Waals surface area contributed by atoms with E-state index in [4.69, 9.17) is 9.47 Å². The fraction of sp³-hybridized carbons (Fsp3) is 0.500. The zero-order chi connectivity index (χ0) is 45.3. The molecule has 18 nitrogen and oxygen atoms in total. The number of likely N-dealkylation sites (N-methyl/N-ethyl adjacent to an activating group) is 1. The Labute approximate surface area is 367 Å². The smallest absolute Gasteiger partial charge is 0.331 e. The van der Waals surface area contributed by atoms with Crippen LogP contribution in [0.15, 0.2) is 60.7 Å². The van der Waals surface area contributed by atoms with Gasteiger partial charge in [0, 0.05) is 48.2 Å². The van der Waals surface area contributed by atoms with Crippen LogP contribution in [0.2, 0.25) is 0 Å². The zero-order valence-corrected chi connectivity index (χ0v) is 37.1. The molecule has 4 aliphatic heterocycles. The van der Waals surface area contributed by atoms with Crippen molar-refractivity contribution >= 4 is 76.9 Å². The standard InChI is InChI=1S/C42H51N7O11S2/c1-8-46-20-21-47(36(55)35(46)54)40(58)45-27(24-16-12-10-13-17-24)32(51)44-28-34(53)49-31(42(6,7)62-37(28)49)39(57)60-29(25-18-14-11-15-19-25)33(52)43-22-26-48(23(3)50)30(38(56)59-9-2)41(4,5)61-26/h10-19,26-31,37H,8-9,20-22H2,1-7H3,(H,43,52)(H,44,51)(H,45,58)/t26?,27-,28-,29?,30?,31?,37-/m1/s1. The lowest BCUT2D eigenvalue weighted by Crippen LogP contribution is -2.71. The van der Waals surface area contributed by atoms with Crippen LogP contribution in [0.3, 0.4) is 0 Å². The van der Waals surface area contributed by atoms with Crippen LogP contribution >= 0.6 is 23.5 Å². The van der Waals surface area contributed by atoms with Gasteiger partial charge in [-0.25, -0.2) is 14.4 Å². The number of nitrogens with one attached hydrogen (secondary N) is 3. The van der Waals surface area contributed by atoms with Gasteiger partial charge in [0.05, 0.1) is 12.0 Å². The van der Waals surface area contributed by atoms with Crippen molar-refractivity contribution in [1.82, 2.24) is 35.6 Å². The summed E-state index contributed by atoms with van der Waals surface area (Å²) in [6.45, 7) is 12.2. The molecule has 0 aliphatic carbocycles. The van der Waals surface area contributed by atoms with Gasteiger partial charge in [0.25, 0.3) is 5.91 Å². The number of ether oxygens (including phenoxy) is 2. The Kier molecular flexibility index (Phi) is 13.6. The molecule has 0 bridgehead atoms. The van der Waals surface area contributed by atoms with Gasteiger partial charge in [-0.1, -0.05) is 60.7 Å². The molecule has 3 N–H and O–H groups in total. The van der Waals surface area contributed by atoms with E-state index in [-0.39, 0.29) is 32.1 Å². The average Bonchev–Trinajstić information content (AvgIpc) is 3.67. The molecule has 0 spiro atoms. The van der Waals surface area contributed by atoms with Crippen LogP contribution < -0.4 is 16.0 Å². The maximum absolute atomic E-state index is 14.2. The highest BCUT2D eigenvalue weighted by molar-refractivity contribution is 8.02. The van der Waals surface area contributed by atoms with Crippen molar-refractivity contribution in [2.75, 3.05) is 32.8 Å². The normalized spacial score (nSPS) is 24.6. The second kappa shape index (κ2) is 18.4. The van der Waals surface area contributed by atoms with Crippen molar-refractivity contribution in [3.63, 3.8) is 0 Å². The van der Waals surface area contributed by atoms with E-state index in [1.807, 2.05) is 13.8 Å². The summed E-state index contributed by atoms with van der Waals surface area (Å²) >= 11 is 2.58. The minimum Gasteiger partial charge on any atom is -0.464 e. The maximum atomic E-state index is 14.2. The lowest BCUT2D eigenvalue weighted by molar-refractivity contribution is -0.170. The summed E-state index contributed by atoms with van der Waals surface area (Å²) in [5, 5.41) is 6.70. The molecule has 8 amide bonds. The lowest BCUT2D eigenvalue weighted by atomic mass is 9.95. The minimum absolute atomic E-state index is 0.0739. The first-order valence-corrected chi connectivity index (χ1v) is 22.0. The fourth-order valence-corrected chi connectivity index (χ4v) is 11.4. The molecular formula is C42H51N7O11S2. The summed E-state index contributed by atoms with van der Waals surface area (Å²) in [6.07, 6.45) is -1.47. The third kappa shape index (κ3) is 8.97. The number of carbonyl (C=O) groups excluding carboxylic acids is 9. The highest BCUT2D eigenvalue weighted by atomic mass is 32.2. The van der Waals surface area contributed by atoms with Crippen LogP contribution in [0.5, 0.6) is 0 Å². The molecule has 0 radical (unpaired) electrons. The number of benzene rings is 2. The molecule has 0 saturated carbocycles. The van der Waals surface area contributed by atoms with Crippen molar-refractivity contribution in [3.8, 4) is 0 Å². The minimum atomic E-state index is -1.47. The fourth-order valence-electron chi connectivity index (χ4n) is 8.16. The highest BCUT2D eigenvalue weighted by Crippen LogP contribution is 2.51. The molecule has 4 heterocycles. The number of hydrogen-bond acceptors (Lipinski definition) is 13. The van der Waals surface area contributed by atoms with Crippen LogP contribution in [0.1, 0.15) is 71.7 Å². The summed E-state index contributed by atoms with van der Waals surface area (Å²) in [5.74, 6) is -5.73. The number of amides is 8. The Bertz CT molecular complexity index is 2120. The van der Waals surface area contributed by atoms with E-state index in [2.05, 4.69) is 16.0 Å². The van der Waals surface area contributed by atoms with Crippen molar-refractivity contribution in [3.05, 3.63) is 71.8 Å². The van der Waals surface area contributed by atoms with Gasteiger partial charge in [-0.2, -0.15) is 0 Å². The van der Waals surface area contributed by atoms with Gasteiger partial charge in [-0.3, -0.25) is 33.7 Å². The molecule has 62 heavy (non-hydrogen) atoms. The Morgan fingerprint density at radius 2 is 1.40 bits per heavy atom. The van der Waals surface area contributed by atoms with Crippen LogP contribution in [0.4, 0.5) is 4.79 Å². The number of β-lactam (4-membered cyclic amide) rings is 1. The van der Waals surface area contributed by atoms with E-state index >= 15 is 0 Å². The topological polar surface area (TPSA) is 221 Å². The summed E-state index contributed by atoms with van der Waals surface area (Å²) in [6, 6.07) is 11.0. The molecule has 20 heteroatoms. The van der Waals surface area contributed by atoms with E-state index < -0.39 is 98.0 Å². The van der Waals surface area contributed by atoms with Crippen molar-refractivity contribution in [2.45, 2.75) is 99.0 Å². The average molecular weight is 894 g/mol. The number of esters is 2. The van der Waals surface area contributed by atoms with Crippen LogP contribution in [-0.4, -0.2) is 144 Å². The van der Waals surface area contributed by atoms with E-state index in [0.29, 0.717) is 17.7 Å². The number of rotatable bonds is 13. The quantitative estimate of drug-likeness (QED) is 0.148. The first kappa shape index (κ1) is 45.9. The first-order valence-electron chi connectivity index (χ1n) is 20.3. The Balaban J connectivity index is 1.15. The molecule has 2 aromatic carbocycles. The number of urea groups is 1. The van der Waals surface area contributed by atoms with Crippen LogP contribution in [-0.2, 0) is 47.8 Å². The maximum Gasteiger partial charge on any atom is 0.331 e. The second-order valence-corrected chi connectivity index (χ2v) is 19.7. The van der Waals surface area contributed by atoms with Crippen molar-refractivity contribution in [1.29, 1.82) is 0 Å². The number of piperazine rings is 1. The van der Waals surface area contributed by atoms with E-state index in [9.17, 15) is 43.2 Å². The molecule has 4 aliphatic rings. The number of imide groups is 1. The van der Waals surface area contributed by atoms with E-state index in [1.165, 1.54) is 45.1 Å². The number of nitrogens with zero attached hydrogens (tertiary/aromatic N) is 4. The predicted molar refractivity (Wildman–Crippen MR) is 226 cm³/mol. The third-order valence-corrected chi connectivity index (χ3v) is 14.2. The summed E-state index contributed by atoms with van der Waals surface area (Å²) < 4.78 is 9.53. The Hall–Kier alpha value is -5.63. The molecule has 332 valence electrons. The first-order chi connectivity index (χ1) is 29.3. The largest absolute Gasteiger partial charge is 0.464 e. The third-order valence-electron chi connectivity index (χ3n) is 11.1. The number of fused-ring (bicyclic) bond motifs is 1. The number of thioether (sulfide) groups is 2. The Morgan fingerprint density at radius 1 is 0.790 bits per heavy atom. The molecule has 6 rings (SSSR count). The van der Waals surface area contributed by atoms with Crippen LogP contribution in [0, 0.1) is 0 Å². The molecular weight excluding hydrogens is 843 g/mol. The van der Waals surface area contributed by atoms with Gasteiger partial charge >= 0.3 is 29.8 Å². The van der Waals surface area contributed by atoms with Gasteiger partial charge < -0.3 is 40.1 Å². The molecule has 2 aromatic rings. The van der Waals surface area contributed by atoms with Gasteiger partial charge in [-0.05, 0) is 47.1 Å². The number of carbonyl (C=O) groups is 9. The predicted octanol–water partition coefficient (Wildman–Crippen LogP) is 1.71. The van der Waals surface area contributed by atoms with E-state index in [0.717, 1.165) is 4.90 Å². The van der Waals surface area contributed by atoms with Gasteiger partial charge in [-0.15, -0.1) is 23.5 Å². The zero-order valence-electron chi connectivity index (χ0n) is 35.4. The van der Waals surface area contributed by atoms with Gasteiger partial charge in [0.1, 0.15) is 29.5 Å². The summed E-state index contributed by atoms with van der Waals surface area (Å²) in [4.78, 5) is 125. The molecule has 4 saturated heterocycles. The molecule has 7 atom stereocenters. The molecule has 0 aromatic heterocycles. The number of hydrogen-bond donors (Lipinski definition) is 3. The van der Waals surface area contributed by atoms with Crippen LogP contribution in [0.25, 0.3) is 0 Å². The SMILES string of the molecule is CCOC(=O)C1N(C(C)=O)C(CNC(=O)C(OC(=O)C2N3C(=O)[C@@H](NC(=O)[C@H](NC(=O)N4CCN(CC)C(=O)C4=O)c4ccccc4)[C@H]3SC2(C)C)c2ccccc2)SC1(C)C. The highest BCUT2D eigenvalue weighted by Gasteiger charge is 2.65. The summed E-state index contributed by atoms with van der Waals surface area (Å²) in [7, 11) is 0. The molecule has 4 fully saturated rings. The van der Waals surface area contributed by atoms with Gasteiger partial charge in [0.2, 0.25) is 23.8 Å². The monoisotopic (exact) mass is 893 g/mol. The van der Waals surface area contributed by atoms with E-state index in [1.54, 1.807) is 88.4 Å². The van der Waals surface area contributed by atoms with Crippen molar-refractivity contribution < 1.29 is 52.6 Å². The van der Waals surface area contributed by atoms with Crippen molar-refractivity contribution in [2.24, 2.45) is 0 Å². The second-order valence-electron chi connectivity index (χ2n) is 16.1. The Morgan fingerprint density at radius 3 is 2.00 bits per heavy atom. The molecule has 4 unspecified atom stereocenters.